The van der Waals surface area contributed by atoms with Crippen molar-refractivity contribution in [2.45, 2.75) is 32.6 Å². The summed E-state index contributed by atoms with van der Waals surface area (Å²) in [6.07, 6.45) is 0. The first-order chi connectivity index (χ1) is 9.93. The monoisotopic (exact) mass is 347 g/mol. The van der Waals surface area contributed by atoms with E-state index in [0.717, 1.165) is 21.7 Å². The van der Waals surface area contributed by atoms with E-state index in [1.165, 1.54) is 5.56 Å². The molecule has 1 heterocycles. The molecule has 0 bridgehead atoms. The number of ether oxygens (including phenoxy) is 2. The van der Waals surface area contributed by atoms with E-state index >= 15 is 0 Å². The molecule has 110 valence electrons. The van der Waals surface area contributed by atoms with Gasteiger partial charge in [0, 0.05) is 36.1 Å². The fourth-order valence-electron chi connectivity index (χ4n) is 2.42. The lowest BCUT2D eigenvalue weighted by atomic mass is 10.1. The lowest BCUT2D eigenvalue weighted by Gasteiger charge is -2.17. The Labute approximate surface area is 133 Å². The summed E-state index contributed by atoms with van der Waals surface area (Å²) in [5.41, 5.74) is 2.24. The summed E-state index contributed by atoms with van der Waals surface area (Å²) in [6, 6.07) is 14.4. The van der Waals surface area contributed by atoms with Crippen LogP contribution in [0.1, 0.15) is 32.4 Å². The molecule has 0 aliphatic carbocycles. The summed E-state index contributed by atoms with van der Waals surface area (Å²) >= 11 is 3.50. The summed E-state index contributed by atoms with van der Waals surface area (Å²) in [5.74, 6) is 0.990. The lowest BCUT2D eigenvalue weighted by molar-refractivity contribution is -0.0431. The lowest BCUT2D eigenvalue weighted by Crippen LogP contribution is -2.29. The van der Waals surface area contributed by atoms with Gasteiger partial charge in [-0.15, -0.1) is 0 Å². The maximum atomic E-state index is 5.77. The molecule has 0 saturated heterocycles. The van der Waals surface area contributed by atoms with E-state index in [2.05, 4.69) is 40.3 Å². The molecule has 1 N–H and O–H groups in total. The Morgan fingerprint density at radius 2 is 1.81 bits per heavy atom. The fraction of sp³-hybridized carbons (Fsp3) is 0.294. The molecule has 2 aromatic rings. The van der Waals surface area contributed by atoms with Gasteiger partial charge in [0.25, 0.3) is 0 Å². The van der Waals surface area contributed by atoms with Crippen LogP contribution in [0.4, 0.5) is 5.69 Å². The Bertz CT molecular complexity index is 670. The third-order valence-electron chi connectivity index (χ3n) is 3.39. The first-order valence-corrected chi connectivity index (χ1v) is 7.76. The van der Waals surface area contributed by atoms with Crippen molar-refractivity contribution >= 4 is 21.6 Å². The van der Waals surface area contributed by atoms with E-state index in [9.17, 15) is 0 Å². The van der Waals surface area contributed by atoms with Crippen LogP contribution in [0.25, 0.3) is 0 Å². The maximum Gasteiger partial charge on any atom is 0.246 e. The van der Waals surface area contributed by atoms with Crippen molar-refractivity contribution in [3.05, 3.63) is 52.5 Å². The molecular formula is C17H18BrNO2. The van der Waals surface area contributed by atoms with E-state index in [0.29, 0.717) is 0 Å². The smallest absolute Gasteiger partial charge is 0.246 e. The van der Waals surface area contributed by atoms with Crippen molar-refractivity contribution in [3.8, 4) is 11.5 Å². The van der Waals surface area contributed by atoms with Gasteiger partial charge in [-0.05, 0) is 36.8 Å². The number of hydrogen-bond acceptors (Lipinski definition) is 3. The standard InChI is InChI=1S/C17H18BrNO2/c1-11(12-5-4-6-13(18)9-12)19-14-7-8-15-16(10-14)21-17(2,3)20-15/h4-11,19H,1-3H3. The second-order valence-corrected chi connectivity index (χ2v) is 6.60. The van der Waals surface area contributed by atoms with Crippen molar-refractivity contribution in [2.75, 3.05) is 5.32 Å². The van der Waals surface area contributed by atoms with Crippen LogP contribution in [0.15, 0.2) is 46.9 Å². The van der Waals surface area contributed by atoms with Gasteiger partial charge >= 0.3 is 0 Å². The zero-order valence-corrected chi connectivity index (χ0v) is 13.9. The van der Waals surface area contributed by atoms with Gasteiger partial charge in [0.15, 0.2) is 11.5 Å². The molecule has 0 aromatic heterocycles. The Morgan fingerprint density at radius 3 is 2.57 bits per heavy atom. The number of benzene rings is 2. The Hall–Kier alpha value is -1.68. The van der Waals surface area contributed by atoms with E-state index in [1.807, 2.05) is 44.2 Å². The highest BCUT2D eigenvalue weighted by Gasteiger charge is 2.31. The van der Waals surface area contributed by atoms with Crippen molar-refractivity contribution < 1.29 is 9.47 Å². The van der Waals surface area contributed by atoms with E-state index < -0.39 is 5.79 Å². The molecule has 21 heavy (non-hydrogen) atoms. The maximum absolute atomic E-state index is 5.77. The summed E-state index contributed by atoms with van der Waals surface area (Å²) in [7, 11) is 0. The molecule has 1 aliphatic heterocycles. The van der Waals surface area contributed by atoms with Crippen LogP contribution in [0, 0.1) is 0 Å². The minimum absolute atomic E-state index is 0.205. The number of fused-ring (bicyclic) bond motifs is 1. The van der Waals surface area contributed by atoms with E-state index in [-0.39, 0.29) is 6.04 Å². The van der Waals surface area contributed by atoms with Gasteiger partial charge in [0.1, 0.15) is 0 Å². The second kappa shape index (κ2) is 5.26. The molecule has 3 nitrogen and oxygen atoms in total. The summed E-state index contributed by atoms with van der Waals surface area (Å²) < 4.78 is 12.6. The summed E-state index contributed by atoms with van der Waals surface area (Å²) in [4.78, 5) is 0. The Morgan fingerprint density at radius 1 is 1.05 bits per heavy atom. The number of halogens is 1. The van der Waals surface area contributed by atoms with Crippen LogP contribution in [0.3, 0.4) is 0 Å². The molecule has 1 unspecified atom stereocenters. The Balaban J connectivity index is 1.77. The molecule has 0 saturated carbocycles. The van der Waals surface area contributed by atoms with Crippen molar-refractivity contribution in [1.29, 1.82) is 0 Å². The molecule has 0 amide bonds. The van der Waals surface area contributed by atoms with Gasteiger partial charge in [-0.3, -0.25) is 0 Å². The van der Waals surface area contributed by atoms with Crippen LogP contribution in [0.2, 0.25) is 0 Å². The average molecular weight is 348 g/mol. The number of rotatable bonds is 3. The van der Waals surface area contributed by atoms with Crippen LogP contribution in [0.5, 0.6) is 11.5 Å². The predicted molar refractivity (Wildman–Crippen MR) is 88.0 cm³/mol. The van der Waals surface area contributed by atoms with Crippen LogP contribution >= 0.6 is 15.9 Å². The highest BCUT2D eigenvalue weighted by Crippen LogP contribution is 2.41. The quantitative estimate of drug-likeness (QED) is 0.834. The molecule has 1 aliphatic rings. The zero-order chi connectivity index (χ0) is 15.0. The van der Waals surface area contributed by atoms with Gasteiger partial charge in [-0.2, -0.15) is 0 Å². The molecular weight excluding hydrogens is 330 g/mol. The van der Waals surface area contributed by atoms with Crippen molar-refractivity contribution in [1.82, 2.24) is 0 Å². The van der Waals surface area contributed by atoms with Crippen LogP contribution in [-0.2, 0) is 0 Å². The summed E-state index contributed by atoms with van der Waals surface area (Å²) in [6.45, 7) is 5.95. The molecule has 4 heteroatoms. The highest BCUT2D eigenvalue weighted by molar-refractivity contribution is 9.10. The second-order valence-electron chi connectivity index (χ2n) is 5.69. The van der Waals surface area contributed by atoms with E-state index in [4.69, 9.17) is 9.47 Å². The topological polar surface area (TPSA) is 30.5 Å². The number of nitrogens with one attached hydrogen (secondary N) is 1. The summed E-state index contributed by atoms with van der Waals surface area (Å²) in [5, 5.41) is 3.49. The first kappa shape index (κ1) is 14.3. The van der Waals surface area contributed by atoms with Gasteiger partial charge in [-0.25, -0.2) is 0 Å². The largest absolute Gasteiger partial charge is 0.449 e. The highest BCUT2D eigenvalue weighted by atomic mass is 79.9. The third kappa shape index (κ3) is 3.16. The van der Waals surface area contributed by atoms with Crippen LogP contribution < -0.4 is 14.8 Å². The number of anilines is 1. The van der Waals surface area contributed by atoms with Gasteiger partial charge in [0.05, 0.1) is 0 Å². The molecule has 3 rings (SSSR count). The molecule has 0 spiro atoms. The molecule has 2 aromatic carbocycles. The zero-order valence-electron chi connectivity index (χ0n) is 12.3. The third-order valence-corrected chi connectivity index (χ3v) is 3.88. The molecule has 1 atom stereocenters. The fourth-order valence-corrected chi connectivity index (χ4v) is 2.84. The SMILES string of the molecule is CC(Nc1ccc2c(c1)OC(C)(C)O2)c1cccc(Br)c1. The van der Waals surface area contributed by atoms with Gasteiger partial charge in [0.2, 0.25) is 5.79 Å². The van der Waals surface area contributed by atoms with Gasteiger partial charge in [-0.1, -0.05) is 28.1 Å². The predicted octanol–water partition coefficient (Wildman–Crippen LogP) is 5.13. The molecule has 0 fully saturated rings. The minimum atomic E-state index is -0.586. The minimum Gasteiger partial charge on any atom is -0.449 e. The number of hydrogen-bond donors (Lipinski definition) is 1. The normalized spacial score (nSPS) is 16.6. The van der Waals surface area contributed by atoms with E-state index in [1.54, 1.807) is 0 Å². The molecule has 0 radical (unpaired) electrons. The van der Waals surface area contributed by atoms with Crippen LogP contribution in [-0.4, -0.2) is 5.79 Å². The average Bonchev–Trinajstić information content (AvgIpc) is 2.72. The Kier molecular flexibility index (Phi) is 3.57. The first-order valence-electron chi connectivity index (χ1n) is 6.97. The van der Waals surface area contributed by atoms with Gasteiger partial charge < -0.3 is 14.8 Å². The van der Waals surface area contributed by atoms with Crippen molar-refractivity contribution in [3.63, 3.8) is 0 Å². The van der Waals surface area contributed by atoms with Crippen molar-refractivity contribution in [2.24, 2.45) is 0 Å².